The summed E-state index contributed by atoms with van der Waals surface area (Å²) in [7, 11) is 0. The number of hydrogen-bond donors (Lipinski definition) is 0. The van der Waals surface area contributed by atoms with Gasteiger partial charge in [-0.2, -0.15) is 0 Å². The van der Waals surface area contributed by atoms with Gasteiger partial charge in [0.15, 0.2) is 0 Å². The lowest BCUT2D eigenvalue weighted by Gasteiger charge is -2.18. The maximum atomic E-state index is 2.43. The first-order valence-electron chi connectivity index (χ1n) is 10.4. The van der Waals surface area contributed by atoms with Crippen molar-refractivity contribution in [2.24, 2.45) is 11.8 Å². The highest BCUT2D eigenvalue weighted by Gasteiger charge is 2.09. The van der Waals surface area contributed by atoms with Crippen molar-refractivity contribution in [1.82, 2.24) is 0 Å². The molecule has 0 nitrogen and oxygen atoms in total. The predicted molar refractivity (Wildman–Crippen MR) is 103 cm³/mol. The van der Waals surface area contributed by atoms with Gasteiger partial charge in [0, 0.05) is 0 Å². The fourth-order valence-corrected chi connectivity index (χ4v) is 3.31. The van der Waals surface area contributed by atoms with Crippen LogP contribution >= 0.6 is 0 Å². The molecule has 0 aromatic rings. The Balaban J connectivity index is 3.23. The molecular weight excluding hydrogens is 264 g/mol. The molecule has 0 N–H and O–H groups in total. The average molecular weight is 309 g/mol. The van der Waals surface area contributed by atoms with E-state index in [0.717, 1.165) is 11.8 Å². The minimum absolute atomic E-state index is 0.870. The Morgan fingerprint density at radius 1 is 0.636 bits per heavy atom. The van der Waals surface area contributed by atoms with Crippen LogP contribution < -0.4 is 0 Å². The fraction of sp³-hybridized carbons (Fsp3) is 0.909. The summed E-state index contributed by atoms with van der Waals surface area (Å²) in [4.78, 5) is 0. The SMILES string of the molecule is CCCCCCCC/C=C\CCCCCCC(CC)C(C)C. The monoisotopic (exact) mass is 308 g/mol. The van der Waals surface area contributed by atoms with Crippen LogP contribution in [0, 0.1) is 11.8 Å². The van der Waals surface area contributed by atoms with Crippen molar-refractivity contribution in [2.75, 3.05) is 0 Å². The lowest BCUT2D eigenvalue weighted by atomic mass is 9.88. The summed E-state index contributed by atoms with van der Waals surface area (Å²) in [5.41, 5.74) is 0. The predicted octanol–water partition coefficient (Wildman–Crippen LogP) is 8.32. The zero-order chi connectivity index (χ0) is 16.5. The van der Waals surface area contributed by atoms with Gasteiger partial charge in [0.05, 0.1) is 0 Å². The maximum Gasteiger partial charge on any atom is -0.0351 e. The van der Waals surface area contributed by atoms with Gasteiger partial charge in [0.25, 0.3) is 0 Å². The lowest BCUT2D eigenvalue weighted by molar-refractivity contribution is 0.335. The van der Waals surface area contributed by atoms with Crippen LogP contribution in [0.1, 0.15) is 118 Å². The number of unbranched alkanes of at least 4 members (excludes halogenated alkanes) is 10. The molecule has 22 heavy (non-hydrogen) atoms. The number of allylic oxidation sites excluding steroid dienone is 2. The van der Waals surface area contributed by atoms with Crippen molar-refractivity contribution >= 4 is 0 Å². The van der Waals surface area contributed by atoms with E-state index in [0.29, 0.717) is 0 Å². The van der Waals surface area contributed by atoms with E-state index in [9.17, 15) is 0 Å². The minimum Gasteiger partial charge on any atom is -0.0885 e. The maximum absolute atomic E-state index is 2.43. The Hall–Kier alpha value is -0.260. The van der Waals surface area contributed by atoms with Gasteiger partial charge in [-0.05, 0) is 37.5 Å². The van der Waals surface area contributed by atoms with Crippen LogP contribution in [0.4, 0.5) is 0 Å². The first-order chi connectivity index (χ1) is 10.7. The van der Waals surface area contributed by atoms with Gasteiger partial charge in [-0.25, -0.2) is 0 Å². The summed E-state index contributed by atoms with van der Waals surface area (Å²) < 4.78 is 0. The van der Waals surface area contributed by atoms with Gasteiger partial charge in [-0.15, -0.1) is 0 Å². The van der Waals surface area contributed by atoms with Crippen molar-refractivity contribution in [3.63, 3.8) is 0 Å². The van der Waals surface area contributed by atoms with E-state index in [1.807, 2.05) is 0 Å². The summed E-state index contributed by atoms with van der Waals surface area (Å²) >= 11 is 0. The zero-order valence-electron chi connectivity index (χ0n) is 16.2. The van der Waals surface area contributed by atoms with E-state index < -0.39 is 0 Å². The molecule has 132 valence electrons. The Kier molecular flexibility index (Phi) is 16.9. The molecule has 0 aliphatic carbocycles. The van der Waals surface area contributed by atoms with Crippen molar-refractivity contribution in [3.05, 3.63) is 12.2 Å². The Bertz CT molecular complexity index is 226. The van der Waals surface area contributed by atoms with Crippen LogP contribution in [0.5, 0.6) is 0 Å². The van der Waals surface area contributed by atoms with E-state index in [1.54, 1.807) is 0 Å². The van der Waals surface area contributed by atoms with Crippen LogP contribution in [0.3, 0.4) is 0 Å². The van der Waals surface area contributed by atoms with E-state index in [4.69, 9.17) is 0 Å². The molecule has 0 fully saturated rings. The number of hydrogen-bond acceptors (Lipinski definition) is 0. The highest BCUT2D eigenvalue weighted by Crippen LogP contribution is 2.22. The molecule has 1 atom stereocenters. The molecule has 0 aromatic heterocycles. The first-order valence-corrected chi connectivity index (χ1v) is 10.4. The standard InChI is InChI=1S/C22H44/c1-5-7-8-9-10-11-12-13-14-15-16-17-18-19-20-22(6-2)21(3)4/h13-14,21-22H,5-12,15-20H2,1-4H3/b14-13-. The summed E-state index contributed by atoms with van der Waals surface area (Å²) in [5.74, 6) is 1.83. The highest BCUT2D eigenvalue weighted by atomic mass is 14.2. The highest BCUT2D eigenvalue weighted by molar-refractivity contribution is 4.81. The van der Waals surface area contributed by atoms with Gasteiger partial charge in [0.1, 0.15) is 0 Å². The average Bonchev–Trinajstić information content (AvgIpc) is 2.51. The largest absolute Gasteiger partial charge is 0.0885 e. The summed E-state index contributed by atoms with van der Waals surface area (Å²) in [6.45, 7) is 9.39. The van der Waals surface area contributed by atoms with Gasteiger partial charge in [-0.1, -0.05) is 104 Å². The van der Waals surface area contributed by atoms with Crippen molar-refractivity contribution < 1.29 is 0 Å². The van der Waals surface area contributed by atoms with E-state index in [-0.39, 0.29) is 0 Å². The molecule has 0 rings (SSSR count). The lowest BCUT2D eigenvalue weighted by Crippen LogP contribution is -2.06. The Morgan fingerprint density at radius 3 is 1.64 bits per heavy atom. The van der Waals surface area contributed by atoms with Crippen molar-refractivity contribution in [2.45, 2.75) is 118 Å². The van der Waals surface area contributed by atoms with Crippen LogP contribution in [-0.4, -0.2) is 0 Å². The zero-order valence-corrected chi connectivity index (χ0v) is 16.2. The van der Waals surface area contributed by atoms with E-state index >= 15 is 0 Å². The van der Waals surface area contributed by atoms with Crippen molar-refractivity contribution in [3.8, 4) is 0 Å². The van der Waals surface area contributed by atoms with Gasteiger partial charge < -0.3 is 0 Å². The molecule has 1 unspecified atom stereocenters. The normalized spacial score (nSPS) is 13.3. The van der Waals surface area contributed by atoms with Gasteiger partial charge in [-0.3, -0.25) is 0 Å². The van der Waals surface area contributed by atoms with Crippen LogP contribution in [0.2, 0.25) is 0 Å². The smallest absolute Gasteiger partial charge is 0.0351 e. The molecule has 0 aliphatic heterocycles. The van der Waals surface area contributed by atoms with Gasteiger partial charge >= 0.3 is 0 Å². The fourth-order valence-electron chi connectivity index (χ4n) is 3.31. The Labute approximate surface area is 142 Å². The second-order valence-corrected chi connectivity index (χ2v) is 7.43. The first kappa shape index (κ1) is 21.7. The quantitative estimate of drug-likeness (QED) is 0.198. The third-order valence-corrected chi connectivity index (χ3v) is 5.05. The summed E-state index contributed by atoms with van der Waals surface area (Å²) in [5, 5.41) is 0. The molecule has 0 amide bonds. The molecule has 0 radical (unpaired) electrons. The van der Waals surface area contributed by atoms with E-state index in [1.165, 1.54) is 89.9 Å². The third kappa shape index (κ3) is 14.7. The molecule has 0 saturated heterocycles. The van der Waals surface area contributed by atoms with Gasteiger partial charge in [0.2, 0.25) is 0 Å². The van der Waals surface area contributed by atoms with Crippen LogP contribution in [0.25, 0.3) is 0 Å². The second kappa shape index (κ2) is 17.1. The molecule has 0 aliphatic rings. The van der Waals surface area contributed by atoms with Crippen LogP contribution in [0.15, 0.2) is 12.2 Å². The second-order valence-electron chi connectivity index (χ2n) is 7.43. The molecule has 0 aromatic carbocycles. The van der Waals surface area contributed by atoms with Crippen LogP contribution in [-0.2, 0) is 0 Å². The minimum atomic E-state index is 0.870. The number of rotatable bonds is 16. The molecule has 0 bridgehead atoms. The van der Waals surface area contributed by atoms with E-state index in [2.05, 4.69) is 39.8 Å². The summed E-state index contributed by atoms with van der Waals surface area (Å²) in [6, 6.07) is 0. The van der Waals surface area contributed by atoms with Crippen molar-refractivity contribution in [1.29, 1.82) is 0 Å². The topological polar surface area (TPSA) is 0 Å². The molecule has 0 spiro atoms. The molecule has 0 heteroatoms. The Morgan fingerprint density at radius 2 is 1.14 bits per heavy atom. The third-order valence-electron chi connectivity index (χ3n) is 5.05. The molecular formula is C22H44. The summed E-state index contributed by atoms with van der Waals surface area (Å²) in [6.07, 6.45) is 24.5. The molecule has 0 saturated carbocycles. The molecule has 0 heterocycles.